The van der Waals surface area contributed by atoms with E-state index in [4.69, 9.17) is 0 Å². The van der Waals surface area contributed by atoms with Gasteiger partial charge in [-0.15, -0.1) is 0 Å². The molecule has 0 heterocycles. The monoisotopic (exact) mass is 626 g/mol. The number of anilines is 1. The molecule has 0 spiro atoms. The molecule has 3 aromatic carbocycles. The van der Waals surface area contributed by atoms with Gasteiger partial charge in [-0.3, -0.25) is 0 Å². The van der Waals surface area contributed by atoms with Gasteiger partial charge in [0, 0.05) is 19.6 Å². The fraction of sp³-hybridized carbons (Fsp3) is 0.280. The summed E-state index contributed by atoms with van der Waals surface area (Å²) in [7, 11) is 0. The summed E-state index contributed by atoms with van der Waals surface area (Å²) >= 11 is 0. The van der Waals surface area contributed by atoms with Crippen LogP contribution in [-0.2, 0) is 30.2 Å². The molecule has 4 bridgehead atoms. The molecule has 0 saturated heterocycles. The molecule has 4 aliphatic carbocycles. The fourth-order valence-corrected chi connectivity index (χ4v) is 4.31. The molecule has 0 aromatic heterocycles. The van der Waals surface area contributed by atoms with Crippen molar-refractivity contribution in [3.05, 3.63) is 98.9 Å². The second-order valence-corrected chi connectivity index (χ2v) is 8.96. The standard InChI is InChI=1S/C25H13F15N2/c26-14-10-15(27)17(29)11(16(14)28)23(35,36)25(39,40)13-19(31)18(30)12(24(37,38)22(10,33)34)20(32)21(13)42-7-6-41-8-9-4-2-1-3-5-9/h1-5,41-42H,6-8H2. The quantitative estimate of drug-likeness (QED) is 0.165. The van der Waals surface area contributed by atoms with Crippen molar-refractivity contribution in [2.24, 2.45) is 0 Å². The van der Waals surface area contributed by atoms with Gasteiger partial charge >= 0.3 is 23.7 Å². The Kier molecular flexibility index (Phi) is 7.66. The molecule has 0 radical (unpaired) electrons. The van der Waals surface area contributed by atoms with Crippen LogP contribution in [0.25, 0.3) is 0 Å². The topological polar surface area (TPSA) is 24.1 Å². The third-order valence-electron chi connectivity index (χ3n) is 6.40. The van der Waals surface area contributed by atoms with E-state index in [1.54, 1.807) is 30.3 Å². The van der Waals surface area contributed by atoms with E-state index in [0.29, 0.717) is 5.56 Å². The van der Waals surface area contributed by atoms with E-state index < -0.39 is 105 Å². The van der Waals surface area contributed by atoms with Crippen molar-refractivity contribution >= 4 is 5.69 Å². The highest BCUT2D eigenvalue weighted by Gasteiger charge is 2.69. The molecule has 0 atom stereocenters. The Morgan fingerprint density at radius 3 is 1.24 bits per heavy atom. The molecule has 7 rings (SSSR count). The lowest BCUT2D eigenvalue weighted by Crippen LogP contribution is -2.44. The third kappa shape index (κ3) is 4.34. The van der Waals surface area contributed by atoms with Crippen LogP contribution in [0.3, 0.4) is 0 Å². The van der Waals surface area contributed by atoms with Crippen LogP contribution in [0.1, 0.15) is 27.8 Å². The van der Waals surface area contributed by atoms with E-state index in [0.717, 1.165) is 0 Å². The zero-order chi connectivity index (χ0) is 31.6. The van der Waals surface area contributed by atoms with E-state index >= 15 is 13.2 Å². The molecular formula is C25H13F15N2. The number of nitrogens with one attached hydrogen (secondary N) is 2. The minimum absolute atomic E-state index is 0.0185. The van der Waals surface area contributed by atoms with Crippen molar-refractivity contribution in [1.82, 2.24) is 5.32 Å². The maximum absolute atomic E-state index is 15.3. The summed E-state index contributed by atoms with van der Waals surface area (Å²) in [6, 6.07) is 8.02. The molecule has 4 aliphatic rings. The first-order valence-corrected chi connectivity index (χ1v) is 11.4. The van der Waals surface area contributed by atoms with Gasteiger partial charge in [-0.25, -0.2) is 30.7 Å². The fourth-order valence-electron chi connectivity index (χ4n) is 4.31. The Morgan fingerprint density at radius 1 is 0.452 bits per heavy atom. The molecule has 2 nitrogen and oxygen atoms in total. The van der Waals surface area contributed by atoms with Crippen LogP contribution in [-0.4, -0.2) is 13.1 Å². The third-order valence-corrected chi connectivity index (χ3v) is 6.40. The van der Waals surface area contributed by atoms with Crippen LogP contribution < -0.4 is 10.6 Å². The van der Waals surface area contributed by atoms with E-state index in [2.05, 4.69) is 5.32 Å². The van der Waals surface area contributed by atoms with Gasteiger partial charge < -0.3 is 10.6 Å². The van der Waals surface area contributed by atoms with Gasteiger partial charge in [0.2, 0.25) is 0 Å². The lowest BCUT2D eigenvalue weighted by Gasteiger charge is -2.34. The van der Waals surface area contributed by atoms with Crippen LogP contribution in [0.5, 0.6) is 0 Å². The first-order valence-electron chi connectivity index (χ1n) is 11.4. The van der Waals surface area contributed by atoms with Crippen molar-refractivity contribution in [3.63, 3.8) is 0 Å². The Hall–Kier alpha value is -3.63. The summed E-state index contributed by atoms with van der Waals surface area (Å²) in [4.78, 5) is 0. The lowest BCUT2D eigenvalue weighted by atomic mass is 9.85. The molecule has 3 aromatic rings. The maximum atomic E-state index is 15.3. The van der Waals surface area contributed by atoms with E-state index in [9.17, 15) is 52.7 Å². The number of benzene rings is 3. The van der Waals surface area contributed by atoms with Gasteiger partial charge in [0.25, 0.3) is 0 Å². The smallest absolute Gasteiger partial charge is 0.345 e. The normalized spacial score (nSPS) is 18.1. The van der Waals surface area contributed by atoms with E-state index in [-0.39, 0.29) is 6.54 Å². The molecule has 2 N–H and O–H groups in total. The van der Waals surface area contributed by atoms with Crippen molar-refractivity contribution in [1.29, 1.82) is 0 Å². The summed E-state index contributed by atoms with van der Waals surface area (Å²) in [5, 5.41) is 4.10. The van der Waals surface area contributed by atoms with Crippen molar-refractivity contribution in [3.8, 4) is 0 Å². The van der Waals surface area contributed by atoms with Gasteiger partial charge in [0.05, 0.1) is 11.3 Å². The van der Waals surface area contributed by atoms with Gasteiger partial charge in [0.1, 0.15) is 16.7 Å². The number of halogens is 15. The molecule has 228 valence electrons. The number of rotatable bonds is 6. The molecule has 0 fully saturated rings. The first-order chi connectivity index (χ1) is 19.3. The molecule has 17 heteroatoms. The zero-order valence-corrected chi connectivity index (χ0v) is 20.2. The van der Waals surface area contributed by atoms with Crippen molar-refractivity contribution < 1.29 is 65.9 Å². The summed E-state index contributed by atoms with van der Waals surface area (Å²) in [5.41, 5.74) is -15.7. The molecule has 0 unspecified atom stereocenters. The number of alkyl halides is 8. The average molecular weight is 626 g/mol. The molecule has 0 aliphatic heterocycles. The van der Waals surface area contributed by atoms with Gasteiger partial charge in [-0.05, 0) is 5.56 Å². The summed E-state index contributed by atoms with van der Waals surface area (Å²) in [6.45, 7) is -1.37. The average Bonchev–Trinajstić information content (AvgIpc) is 2.89. The predicted molar refractivity (Wildman–Crippen MR) is 115 cm³/mol. The van der Waals surface area contributed by atoms with Crippen LogP contribution in [0.2, 0.25) is 0 Å². The van der Waals surface area contributed by atoms with E-state index in [1.165, 1.54) is 5.32 Å². The van der Waals surface area contributed by atoms with Crippen LogP contribution >= 0.6 is 0 Å². The van der Waals surface area contributed by atoms with Crippen LogP contribution in [0.4, 0.5) is 71.5 Å². The maximum Gasteiger partial charge on any atom is 0.345 e. The Labute approximate surface area is 225 Å². The lowest BCUT2D eigenvalue weighted by molar-refractivity contribution is -0.235. The predicted octanol–water partition coefficient (Wildman–Crippen LogP) is 7.94. The summed E-state index contributed by atoms with van der Waals surface area (Å²) < 4.78 is 223. The number of hydrogen-bond donors (Lipinski definition) is 2. The minimum Gasteiger partial charge on any atom is -0.381 e. The SMILES string of the molecule is Fc1c(F)c2c(F)c(F)c1C(F)(F)C(F)(F)c1c(F)c(F)c(c(NCCNCc3ccccc3)c1F)C(F)(F)C2(F)F. The summed E-state index contributed by atoms with van der Waals surface area (Å²) in [6.07, 6.45) is 0. The molecule has 42 heavy (non-hydrogen) atoms. The van der Waals surface area contributed by atoms with Crippen LogP contribution in [0.15, 0.2) is 30.3 Å². The highest BCUT2D eigenvalue weighted by Crippen LogP contribution is 2.60. The van der Waals surface area contributed by atoms with Crippen LogP contribution in [0, 0.1) is 40.7 Å². The van der Waals surface area contributed by atoms with Gasteiger partial charge in [-0.1, -0.05) is 30.3 Å². The largest absolute Gasteiger partial charge is 0.381 e. The zero-order valence-electron chi connectivity index (χ0n) is 20.2. The van der Waals surface area contributed by atoms with Gasteiger partial charge in [0.15, 0.2) is 40.7 Å². The summed E-state index contributed by atoms with van der Waals surface area (Å²) in [5.74, 6) is -51.5. The minimum atomic E-state index is -6.72. The Balaban J connectivity index is 1.98. The second-order valence-electron chi connectivity index (χ2n) is 8.96. The molecular weight excluding hydrogens is 613 g/mol. The Morgan fingerprint density at radius 2 is 0.810 bits per heavy atom. The Bertz CT molecular complexity index is 1510. The molecule has 0 saturated carbocycles. The highest BCUT2D eigenvalue weighted by atomic mass is 19.3. The second kappa shape index (κ2) is 10.3. The highest BCUT2D eigenvalue weighted by molar-refractivity contribution is 5.61. The van der Waals surface area contributed by atoms with Crippen molar-refractivity contribution in [2.75, 3.05) is 18.4 Å². The van der Waals surface area contributed by atoms with E-state index in [1.807, 2.05) is 0 Å². The van der Waals surface area contributed by atoms with Gasteiger partial charge in [-0.2, -0.15) is 35.1 Å². The number of hydrogen-bond acceptors (Lipinski definition) is 2. The van der Waals surface area contributed by atoms with Crippen molar-refractivity contribution in [2.45, 2.75) is 30.2 Å². The first kappa shape index (κ1) is 31.3. The molecule has 0 amide bonds.